The van der Waals surface area contributed by atoms with Crippen molar-refractivity contribution < 1.29 is 28.9 Å². The van der Waals surface area contributed by atoms with Gasteiger partial charge in [0.1, 0.15) is 0 Å². The standard InChI is InChI=1S/C24H38O6/c1-4-6-8-10-14-18-28-24(3,29-19-15-11-9-7-5-2)30-23(27)21-17-13-12-16-20(21)22(25)26/h12-13,16-17H,4-11,14-15,18-19H2,1-3H3,(H,25,26)/p-1. The fourth-order valence-electron chi connectivity index (χ4n) is 3.09. The second-order valence-electron chi connectivity index (χ2n) is 7.61. The Morgan fingerprint density at radius 2 is 1.27 bits per heavy atom. The second kappa shape index (κ2) is 15.0. The van der Waals surface area contributed by atoms with Crippen LogP contribution in [-0.2, 0) is 14.2 Å². The van der Waals surface area contributed by atoms with Crippen LogP contribution < -0.4 is 5.11 Å². The summed E-state index contributed by atoms with van der Waals surface area (Å²) in [6, 6.07) is 5.81. The summed E-state index contributed by atoms with van der Waals surface area (Å²) in [5.41, 5.74) is -0.300. The number of aromatic carboxylic acids is 1. The third-order valence-corrected chi connectivity index (χ3v) is 4.87. The molecule has 1 rings (SSSR count). The lowest BCUT2D eigenvalue weighted by molar-refractivity contribution is -0.345. The molecule has 0 aliphatic heterocycles. The number of rotatable bonds is 17. The molecule has 1 aromatic rings. The minimum atomic E-state index is -1.56. The Morgan fingerprint density at radius 3 is 1.73 bits per heavy atom. The first-order chi connectivity index (χ1) is 14.4. The summed E-state index contributed by atoms with van der Waals surface area (Å²) in [6.07, 6.45) is 10.7. The lowest BCUT2D eigenvalue weighted by atomic mass is 10.1. The topological polar surface area (TPSA) is 84.9 Å². The fraction of sp³-hybridized carbons (Fsp3) is 0.667. The van der Waals surface area contributed by atoms with Crippen molar-refractivity contribution in [1.82, 2.24) is 0 Å². The van der Waals surface area contributed by atoms with Crippen molar-refractivity contribution in [3.8, 4) is 0 Å². The van der Waals surface area contributed by atoms with Crippen LogP contribution in [0, 0.1) is 0 Å². The first kappa shape index (κ1) is 26.1. The van der Waals surface area contributed by atoms with Crippen LogP contribution in [-0.4, -0.2) is 31.1 Å². The Morgan fingerprint density at radius 1 is 0.800 bits per heavy atom. The van der Waals surface area contributed by atoms with Crippen molar-refractivity contribution in [3.05, 3.63) is 35.4 Å². The van der Waals surface area contributed by atoms with E-state index >= 15 is 0 Å². The summed E-state index contributed by atoms with van der Waals surface area (Å²) >= 11 is 0. The molecule has 0 bridgehead atoms. The van der Waals surface area contributed by atoms with E-state index in [-0.39, 0.29) is 11.1 Å². The summed E-state index contributed by atoms with van der Waals surface area (Å²) in [5, 5.41) is 11.3. The third-order valence-electron chi connectivity index (χ3n) is 4.87. The predicted octanol–water partition coefficient (Wildman–Crippen LogP) is 4.85. The highest BCUT2D eigenvalue weighted by Crippen LogP contribution is 2.21. The molecule has 6 nitrogen and oxygen atoms in total. The number of hydrogen-bond donors (Lipinski definition) is 0. The number of carboxylic acid groups (broad SMARTS) is 1. The number of ether oxygens (including phenoxy) is 3. The zero-order chi connectivity index (χ0) is 22.2. The van der Waals surface area contributed by atoms with Gasteiger partial charge in [-0.3, -0.25) is 0 Å². The third kappa shape index (κ3) is 10.2. The molecule has 0 spiro atoms. The monoisotopic (exact) mass is 421 g/mol. The molecule has 6 heteroatoms. The predicted molar refractivity (Wildman–Crippen MR) is 114 cm³/mol. The van der Waals surface area contributed by atoms with Gasteiger partial charge in [-0.25, -0.2) is 4.79 Å². The van der Waals surface area contributed by atoms with E-state index in [1.807, 2.05) is 0 Å². The molecule has 0 radical (unpaired) electrons. The number of benzene rings is 1. The average Bonchev–Trinajstić information content (AvgIpc) is 2.73. The Bertz CT molecular complexity index is 612. The summed E-state index contributed by atoms with van der Waals surface area (Å²) in [6.45, 7) is 6.67. The van der Waals surface area contributed by atoms with Crippen LogP contribution in [0.1, 0.15) is 106 Å². The molecule has 0 aliphatic rings. The SMILES string of the molecule is CCCCCCCOC(C)(OCCCCCCC)OC(=O)c1ccccc1C(=O)[O-]. The minimum absolute atomic E-state index is 0.0817. The molecule has 0 unspecified atom stereocenters. The van der Waals surface area contributed by atoms with Gasteiger partial charge in [-0.2, -0.15) is 0 Å². The Labute approximate surface area is 180 Å². The molecule has 0 saturated heterocycles. The molecule has 0 fully saturated rings. The van der Waals surface area contributed by atoms with Crippen LogP contribution in [0.3, 0.4) is 0 Å². The largest absolute Gasteiger partial charge is 0.545 e. The fourth-order valence-corrected chi connectivity index (χ4v) is 3.09. The maximum Gasteiger partial charge on any atom is 0.343 e. The summed E-state index contributed by atoms with van der Waals surface area (Å²) < 4.78 is 17.1. The Balaban J connectivity index is 2.70. The molecule has 0 heterocycles. The van der Waals surface area contributed by atoms with Gasteiger partial charge in [0, 0.05) is 12.5 Å². The van der Waals surface area contributed by atoms with Crippen molar-refractivity contribution in [3.63, 3.8) is 0 Å². The molecular weight excluding hydrogens is 384 g/mol. The number of carbonyl (C=O) groups is 2. The van der Waals surface area contributed by atoms with Gasteiger partial charge in [0.2, 0.25) is 0 Å². The molecule has 170 valence electrons. The van der Waals surface area contributed by atoms with Gasteiger partial charge in [-0.05, 0) is 18.9 Å². The maximum absolute atomic E-state index is 12.7. The lowest BCUT2D eigenvalue weighted by Crippen LogP contribution is -2.39. The second-order valence-corrected chi connectivity index (χ2v) is 7.61. The van der Waals surface area contributed by atoms with Gasteiger partial charge in [0.15, 0.2) is 0 Å². The van der Waals surface area contributed by atoms with E-state index in [1.54, 1.807) is 13.0 Å². The van der Waals surface area contributed by atoms with Gasteiger partial charge in [0.25, 0.3) is 0 Å². The van der Waals surface area contributed by atoms with Crippen LogP contribution in [0.5, 0.6) is 0 Å². The first-order valence-electron chi connectivity index (χ1n) is 11.2. The van der Waals surface area contributed by atoms with E-state index in [0.717, 1.165) is 51.4 Å². The number of carbonyl (C=O) groups excluding carboxylic acids is 2. The number of esters is 1. The van der Waals surface area contributed by atoms with E-state index in [0.29, 0.717) is 13.2 Å². The van der Waals surface area contributed by atoms with Gasteiger partial charge < -0.3 is 24.1 Å². The Hall–Kier alpha value is -1.92. The van der Waals surface area contributed by atoms with E-state index in [1.165, 1.54) is 31.0 Å². The van der Waals surface area contributed by atoms with Crippen LogP contribution in [0.25, 0.3) is 0 Å². The van der Waals surface area contributed by atoms with Gasteiger partial charge in [-0.1, -0.05) is 83.4 Å². The maximum atomic E-state index is 12.7. The summed E-state index contributed by atoms with van der Waals surface area (Å²) in [7, 11) is 0. The van der Waals surface area contributed by atoms with Crippen LogP contribution in [0.2, 0.25) is 0 Å². The molecule has 0 aromatic heterocycles. The highest BCUT2D eigenvalue weighted by atomic mass is 16.9. The van der Waals surface area contributed by atoms with E-state index in [9.17, 15) is 14.7 Å². The van der Waals surface area contributed by atoms with Crippen LogP contribution in [0.4, 0.5) is 0 Å². The minimum Gasteiger partial charge on any atom is -0.545 e. The Kier molecular flexibility index (Phi) is 13.0. The molecular formula is C24H37O6-. The summed E-state index contributed by atoms with van der Waals surface area (Å²) in [4.78, 5) is 24.0. The van der Waals surface area contributed by atoms with E-state index < -0.39 is 17.9 Å². The zero-order valence-electron chi connectivity index (χ0n) is 18.7. The molecule has 0 amide bonds. The molecule has 30 heavy (non-hydrogen) atoms. The van der Waals surface area contributed by atoms with Crippen molar-refractivity contribution in [2.45, 2.75) is 91.0 Å². The van der Waals surface area contributed by atoms with Crippen LogP contribution in [0.15, 0.2) is 24.3 Å². The normalized spacial score (nSPS) is 11.4. The van der Waals surface area contributed by atoms with Gasteiger partial charge in [0.05, 0.1) is 24.7 Å². The highest BCUT2D eigenvalue weighted by Gasteiger charge is 2.32. The van der Waals surface area contributed by atoms with Gasteiger partial charge in [-0.15, -0.1) is 0 Å². The number of hydrogen-bond acceptors (Lipinski definition) is 6. The molecule has 0 atom stereocenters. The van der Waals surface area contributed by atoms with E-state index in [4.69, 9.17) is 14.2 Å². The first-order valence-corrected chi connectivity index (χ1v) is 11.2. The zero-order valence-corrected chi connectivity index (χ0v) is 18.7. The number of carboxylic acids is 1. The van der Waals surface area contributed by atoms with E-state index in [2.05, 4.69) is 13.8 Å². The molecule has 0 saturated carbocycles. The van der Waals surface area contributed by atoms with Gasteiger partial charge >= 0.3 is 11.9 Å². The van der Waals surface area contributed by atoms with Crippen molar-refractivity contribution >= 4 is 11.9 Å². The van der Waals surface area contributed by atoms with Crippen LogP contribution >= 0.6 is 0 Å². The lowest BCUT2D eigenvalue weighted by Gasteiger charge is -2.29. The number of unbranched alkanes of at least 4 members (excludes halogenated alkanes) is 8. The highest BCUT2D eigenvalue weighted by molar-refractivity contribution is 6.01. The summed E-state index contributed by atoms with van der Waals surface area (Å²) in [5.74, 6) is -3.81. The van der Waals surface area contributed by atoms with Crippen molar-refractivity contribution in [2.24, 2.45) is 0 Å². The molecule has 0 N–H and O–H groups in total. The molecule has 0 aliphatic carbocycles. The van der Waals surface area contributed by atoms with Crippen molar-refractivity contribution in [2.75, 3.05) is 13.2 Å². The quantitative estimate of drug-likeness (QED) is 0.203. The average molecular weight is 422 g/mol. The molecule has 1 aromatic carbocycles. The smallest absolute Gasteiger partial charge is 0.343 e. The van der Waals surface area contributed by atoms with Crippen molar-refractivity contribution in [1.29, 1.82) is 0 Å².